The maximum absolute atomic E-state index is 12.2. The molecule has 1 heterocycles. The highest BCUT2D eigenvalue weighted by atomic mass is 35.5. The van der Waals surface area contributed by atoms with Gasteiger partial charge >= 0.3 is 0 Å². The van der Waals surface area contributed by atoms with Gasteiger partial charge in [0.25, 0.3) is 5.91 Å². The van der Waals surface area contributed by atoms with Gasteiger partial charge in [0.1, 0.15) is 12.4 Å². The van der Waals surface area contributed by atoms with Gasteiger partial charge in [-0.3, -0.25) is 4.79 Å². The van der Waals surface area contributed by atoms with Gasteiger partial charge in [-0.05, 0) is 37.6 Å². The first-order chi connectivity index (χ1) is 9.79. The van der Waals surface area contributed by atoms with Crippen molar-refractivity contribution in [2.75, 3.05) is 33.4 Å². The van der Waals surface area contributed by atoms with Gasteiger partial charge < -0.3 is 20.1 Å². The Labute approximate surface area is 131 Å². The molecule has 1 aromatic carbocycles. The first-order valence-corrected chi connectivity index (χ1v) is 7.03. The Morgan fingerprint density at radius 1 is 1.43 bits per heavy atom. The number of rotatable bonds is 6. The summed E-state index contributed by atoms with van der Waals surface area (Å²) in [5.74, 6) is 0.646. The lowest BCUT2D eigenvalue weighted by Gasteiger charge is -2.23. The van der Waals surface area contributed by atoms with Crippen LogP contribution in [0.1, 0.15) is 23.2 Å². The van der Waals surface area contributed by atoms with Crippen LogP contribution in [0.4, 0.5) is 0 Å². The van der Waals surface area contributed by atoms with E-state index < -0.39 is 0 Å². The van der Waals surface area contributed by atoms with E-state index in [1.54, 1.807) is 19.2 Å². The van der Waals surface area contributed by atoms with Crippen molar-refractivity contribution in [3.8, 4) is 5.75 Å². The van der Waals surface area contributed by atoms with Crippen LogP contribution in [0.5, 0.6) is 5.75 Å². The number of amides is 1. The first kappa shape index (κ1) is 17.8. The van der Waals surface area contributed by atoms with Crippen LogP contribution >= 0.6 is 12.4 Å². The zero-order chi connectivity index (χ0) is 14.2. The SMILES string of the molecule is COCCOc1cccc(C(=O)NC2CCCNC2)c1.Cl. The molecule has 0 bridgehead atoms. The molecule has 1 unspecified atom stereocenters. The van der Waals surface area contributed by atoms with Crippen LogP contribution in [0, 0.1) is 0 Å². The van der Waals surface area contributed by atoms with Crippen molar-refractivity contribution in [2.24, 2.45) is 0 Å². The van der Waals surface area contributed by atoms with Crippen molar-refractivity contribution < 1.29 is 14.3 Å². The summed E-state index contributed by atoms with van der Waals surface area (Å²) >= 11 is 0. The average Bonchev–Trinajstić information content (AvgIpc) is 2.49. The van der Waals surface area contributed by atoms with Gasteiger partial charge in [-0.1, -0.05) is 6.07 Å². The number of piperidine rings is 1. The fourth-order valence-electron chi connectivity index (χ4n) is 2.21. The summed E-state index contributed by atoms with van der Waals surface area (Å²) in [6.45, 7) is 2.89. The molecule has 21 heavy (non-hydrogen) atoms. The summed E-state index contributed by atoms with van der Waals surface area (Å²) in [4.78, 5) is 12.2. The van der Waals surface area contributed by atoms with Gasteiger partial charge in [-0.15, -0.1) is 12.4 Å². The molecule has 2 N–H and O–H groups in total. The Hall–Kier alpha value is -1.30. The Morgan fingerprint density at radius 3 is 3.00 bits per heavy atom. The molecule has 1 aliphatic heterocycles. The minimum absolute atomic E-state index is 0. The van der Waals surface area contributed by atoms with Crippen LogP contribution in [-0.2, 0) is 4.74 Å². The average molecular weight is 315 g/mol. The lowest BCUT2D eigenvalue weighted by Crippen LogP contribution is -2.45. The predicted molar refractivity (Wildman–Crippen MR) is 84.4 cm³/mol. The highest BCUT2D eigenvalue weighted by Gasteiger charge is 2.16. The summed E-state index contributed by atoms with van der Waals surface area (Å²) < 4.78 is 10.4. The van der Waals surface area contributed by atoms with E-state index in [0.29, 0.717) is 24.5 Å². The molecule has 2 rings (SSSR count). The van der Waals surface area contributed by atoms with Crippen LogP contribution < -0.4 is 15.4 Å². The van der Waals surface area contributed by atoms with Gasteiger partial charge in [0.2, 0.25) is 0 Å². The zero-order valence-electron chi connectivity index (χ0n) is 12.3. The van der Waals surface area contributed by atoms with Gasteiger partial charge in [0.05, 0.1) is 6.61 Å². The molecule has 1 atom stereocenters. The fraction of sp³-hybridized carbons (Fsp3) is 0.533. The summed E-state index contributed by atoms with van der Waals surface area (Å²) in [6, 6.07) is 7.45. The second-order valence-electron chi connectivity index (χ2n) is 4.89. The van der Waals surface area contributed by atoms with E-state index in [1.165, 1.54) is 0 Å². The van der Waals surface area contributed by atoms with E-state index in [9.17, 15) is 4.79 Å². The molecular weight excluding hydrogens is 292 g/mol. The van der Waals surface area contributed by atoms with Gasteiger partial charge in [0, 0.05) is 25.3 Å². The fourth-order valence-corrected chi connectivity index (χ4v) is 2.21. The van der Waals surface area contributed by atoms with Crippen LogP contribution in [0.25, 0.3) is 0 Å². The molecule has 0 aromatic heterocycles. The molecule has 1 aromatic rings. The van der Waals surface area contributed by atoms with Crippen molar-refractivity contribution in [1.82, 2.24) is 10.6 Å². The molecule has 5 nitrogen and oxygen atoms in total. The van der Waals surface area contributed by atoms with Gasteiger partial charge in [-0.2, -0.15) is 0 Å². The van der Waals surface area contributed by atoms with Gasteiger partial charge in [0.15, 0.2) is 0 Å². The number of carbonyl (C=O) groups is 1. The maximum Gasteiger partial charge on any atom is 0.251 e. The first-order valence-electron chi connectivity index (χ1n) is 7.03. The number of benzene rings is 1. The summed E-state index contributed by atoms with van der Waals surface area (Å²) in [7, 11) is 1.63. The lowest BCUT2D eigenvalue weighted by atomic mass is 10.1. The molecule has 1 aliphatic rings. The predicted octanol–water partition coefficient (Wildman–Crippen LogP) is 1.62. The third-order valence-corrected chi connectivity index (χ3v) is 3.28. The van der Waals surface area contributed by atoms with E-state index in [-0.39, 0.29) is 24.4 Å². The standard InChI is InChI=1S/C15H22N2O3.ClH/c1-19-8-9-20-14-6-2-4-12(10-14)15(18)17-13-5-3-7-16-11-13;/h2,4,6,10,13,16H,3,5,7-9,11H2,1H3,(H,17,18);1H. The van der Waals surface area contributed by atoms with Crippen molar-refractivity contribution in [3.63, 3.8) is 0 Å². The molecule has 0 aliphatic carbocycles. The Bertz CT molecular complexity index is 437. The van der Waals surface area contributed by atoms with E-state index in [2.05, 4.69) is 10.6 Å². The zero-order valence-corrected chi connectivity index (χ0v) is 13.1. The van der Waals surface area contributed by atoms with E-state index in [0.717, 1.165) is 25.9 Å². The topological polar surface area (TPSA) is 59.6 Å². The molecular formula is C15H23ClN2O3. The Balaban J connectivity index is 0.00000220. The van der Waals surface area contributed by atoms with Crippen LogP contribution in [0.15, 0.2) is 24.3 Å². The minimum atomic E-state index is -0.0455. The molecule has 118 valence electrons. The van der Waals surface area contributed by atoms with Crippen LogP contribution in [-0.4, -0.2) is 45.4 Å². The van der Waals surface area contributed by atoms with Crippen LogP contribution in [0.2, 0.25) is 0 Å². The molecule has 0 saturated carbocycles. The number of ether oxygens (including phenoxy) is 2. The van der Waals surface area contributed by atoms with E-state index in [1.807, 2.05) is 12.1 Å². The number of halogens is 1. The second-order valence-corrected chi connectivity index (χ2v) is 4.89. The number of hydrogen-bond acceptors (Lipinski definition) is 4. The molecule has 1 saturated heterocycles. The Morgan fingerprint density at radius 2 is 2.29 bits per heavy atom. The van der Waals surface area contributed by atoms with E-state index in [4.69, 9.17) is 9.47 Å². The molecule has 0 radical (unpaired) electrons. The third kappa shape index (κ3) is 5.91. The minimum Gasteiger partial charge on any atom is -0.491 e. The third-order valence-electron chi connectivity index (χ3n) is 3.28. The normalized spacial score (nSPS) is 17.7. The van der Waals surface area contributed by atoms with Crippen molar-refractivity contribution in [3.05, 3.63) is 29.8 Å². The molecule has 6 heteroatoms. The second kappa shape index (κ2) is 9.60. The van der Waals surface area contributed by atoms with Crippen molar-refractivity contribution in [2.45, 2.75) is 18.9 Å². The highest BCUT2D eigenvalue weighted by Crippen LogP contribution is 2.14. The number of hydrogen-bond donors (Lipinski definition) is 2. The monoisotopic (exact) mass is 314 g/mol. The Kier molecular flexibility index (Phi) is 8.12. The smallest absolute Gasteiger partial charge is 0.251 e. The van der Waals surface area contributed by atoms with Crippen molar-refractivity contribution >= 4 is 18.3 Å². The number of carbonyl (C=O) groups excluding carboxylic acids is 1. The largest absolute Gasteiger partial charge is 0.491 e. The van der Waals surface area contributed by atoms with Gasteiger partial charge in [-0.25, -0.2) is 0 Å². The van der Waals surface area contributed by atoms with Crippen molar-refractivity contribution in [1.29, 1.82) is 0 Å². The van der Waals surface area contributed by atoms with Crippen LogP contribution in [0.3, 0.4) is 0 Å². The summed E-state index contributed by atoms with van der Waals surface area (Å²) in [5, 5.41) is 6.33. The number of methoxy groups -OCH3 is 1. The quantitative estimate of drug-likeness (QED) is 0.783. The number of nitrogens with one attached hydrogen (secondary N) is 2. The summed E-state index contributed by atoms with van der Waals surface area (Å²) in [6.07, 6.45) is 2.13. The highest BCUT2D eigenvalue weighted by molar-refractivity contribution is 5.94. The molecule has 1 fully saturated rings. The maximum atomic E-state index is 12.2. The lowest BCUT2D eigenvalue weighted by molar-refractivity contribution is 0.0930. The van der Waals surface area contributed by atoms with E-state index >= 15 is 0 Å². The summed E-state index contributed by atoms with van der Waals surface area (Å²) in [5.41, 5.74) is 0.630. The molecule has 1 amide bonds. The molecule has 0 spiro atoms.